The van der Waals surface area contributed by atoms with E-state index in [1.807, 2.05) is 32.0 Å². The number of nitro groups is 1. The van der Waals surface area contributed by atoms with E-state index in [1.54, 1.807) is 37.4 Å². The SMILES string of the molecule is COc1cccc(OCc2ccc(C(=O)Nc3cc(Oc4cc(C)ccc4C)cc([N+](=O)[O-])c3)o2)c1. The Labute approximate surface area is 207 Å². The van der Waals surface area contributed by atoms with Gasteiger partial charge in [-0.3, -0.25) is 14.9 Å². The first-order chi connectivity index (χ1) is 17.3. The highest BCUT2D eigenvalue weighted by Crippen LogP contribution is 2.32. The maximum Gasteiger partial charge on any atom is 0.291 e. The van der Waals surface area contributed by atoms with E-state index in [0.29, 0.717) is 23.0 Å². The molecule has 1 heterocycles. The molecule has 9 nitrogen and oxygen atoms in total. The van der Waals surface area contributed by atoms with Crippen LogP contribution in [0.1, 0.15) is 27.4 Å². The zero-order valence-electron chi connectivity index (χ0n) is 19.9. The maximum absolute atomic E-state index is 12.8. The Morgan fingerprint density at radius 2 is 1.78 bits per heavy atom. The summed E-state index contributed by atoms with van der Waals surface area (Å²) in [6, 6.07) is 20.0. The van der Waals surface area contributed by atoms with Crippen LogP contribution in [0.4, 0.5) is 11.4 Å². The Kier molecular flexibility index (Phi) is 7.20. The van der Waals surface area contributed by atoms with E-state index in [0.717, 1.165) is 11.1 Å². The molecule has 0 aliphatic heterocycles. The Morgan fingerprint density at radius 3 is 2.56 bits per heavy atom. The number of methoxy groups -OCH3 is 1. The third-order valence-electron chi connectivity index (χ3n) is 5.24. The van der Waals surface area contributed by atoms with Gasteiger partial charge in [-0.15, -0.1) is 0 Å². The number of nitro benzene ring substituents is 1. The number of carbonyl (C=O) groups is 1. The number of hydrogen-bond acceptors (Lipinski definition) is 7. The van der Waals surface area contributed by atoms with Crippen molar-refractivity contribution >= 4 is 17.3 Å². The molecule has 0 saturated carbocycles. The summed E-state index contributed by atoms with van der Waals surface area (Å²) in [7, 11) is 1.57. The zero-order valence-corrected chi connectivity index (χ0v) is 19.9. The largest absolute Gasteiger partial charge is 0.497 e. The van der Waals surface area contributed by atoms with Crippen LogP contribution in [0.15, 0.2) is 77.2 Å². The second-order valence-electron chi connectivity index (χ2n) is 8.03. The third kappa shape index (κ3) is 6.01. The monoisotopic (exact) mass is 488 g/mol. The average molecular weight is 488 g/mol. The van der Waals surface area contributed by atoms with Crippen LogP contribution in [-0.4, -0.2) is 17.9 Å². The van der Waals surface area contributed by atoms with E-state index in [2.05, 4.69) is 5.32 Å². The average Bonchev–Trinajstić information content (AvgIpc) is 3.34. The molecular weight excluding hydrogens is 464 g/mol. The van der Waals surface area contributed by atoms with Gasteiger partial charge < -0.3 is 23.9 Å². The van der Waals surface area contributed by atoms with Crippen LogP contribution in [-0.2, 0) is 6.61 Å². The van der Waals surface area contributed by atoms with E-state index in [9.17, 15) is 14.9 Å². The Hall–Kier alpha value is -4.79. The number of carbonyl (C=O) groups excluding carboxylic acids is 1. The summed E-state index contributed by atoms with van der Waals surface area (Å²) in [4.78, 5) is 23.7. The van der Waals surface area contributed by atoms with E-state index in [-0.39, 0.29) is 29.5 Å². The molecule has 0 bridgehead atoms. The van der Waals surface area contributed by atoms with Crippen LogP contribution in [0.2, 0.25) is 0 Å². The number of ether oxygens (including phenoxy) is 3. The van der Waals surface area contributed by atoms with Crippen LogP contribution in [0.5, 0.6) is 23.0 Å². The van der Waals surface area contributed by atoms with E-state index < -0.39 is 10.8 Å². The molecule has 0 unspecified atom stereocenters. The van der Waals surface area contributed by atoms with Gasteiger partial charge in [-0.1, -0.05) is 18.2 Å². The number of nitrogens with zero attached hydrogens (tertiary/aromatic N) is 1. The van der Waals surface area contributed by atoms with Gasteiger partial charge in [0.2, 0.25) is 0 Å². The highest BCUT2D eigenvalue weighted by molar-refractivity contribution is 6.02. The lowest BCUT2D eigenvalue weighted by molar-refractivity contribution is -0.384. The fourth-order valence-corrected chi connectivity index (χ4v) is 3.38. The van der Waals surface area contributed by atoms with Crippen LogP contribution in [0.25, 0.3) is 0 Å². The van der Waals surface area contributed by atoms with Crippen molar-refractivity contribution in [3.8, 4) is 23.0 Å². The summed E-state index contributed by atoms with van der Waals surface area (Å²) in [6.45, 7) is 3.90. The van der Waals surface area contributed by atoms with E-state index >= 15 is 0 Å². The van der Waals surface area contributed by atoms with Crippen LogP contribution in [0.3, 0.4) is 0 Å². The van der Waals surface area contributed by atoms with Crippen molar-refractivity contribution in [3.63, 3.8) is 0 Å². The van der Waals surface area contributed by atoms with Crippen molar-refractivity contribution in [2.45, 2.75) is 20.5 Å². The van der Waals surface area contributed by atoms with Gasteiger partial charge in [-0.25, -0.2) is 0 Å². The Bertz CT molecular complexity index is 1410. The molecular formula is C27H24N2O7. The smallest absolute Gasteiger partial charge is 0.291 e. The molecule has 0 radical (unpaired) electrons. The molecule has 0 spiro atoms. The van der Waals surface area contributed by atoms with Crippen LogP contribution >= 0.6 is 0 Å². The molecule has 0 aliphatic rings. The molecule has 184 valence electrons. The predicted molar refractivity (Wildman–Crippen MR) is 133 cm³/mol. The van der Waals surface area contributed by atoms with Gasteiger partial charge in [0.05, 0.1) is 23.8 Å². The van der Waals surface area contributed by atoms with Crippen molar-refractivity contribution in [2.24, 2.45) is 0 Å². The molecule has 1 N–H and O–H groups in total. The lowest BCUT2D eigenvalue weighted by atomic mass is 10.1. The van der Waals surface area contributed by atoms with Gasteiger partial charge in [0.15, 0.2) is 5.76 Å². The van der Waals surface area contributed by atoms with Crippen molar-refractivity contribution in [3.05, 3.63) is 106 Å². The number of nitrogens with one attached hydrogen (secondary N) is 1. The predicted octanol–water partition coefficient (Wildman–Crippen LogP) is 6.44. The minimum absolute atomic E-state index is 0.0303. The standard InChI is InChI=1S/C27H24N2O7/c1-17-7-8-18(2)26(11-17)36-24-13-19(12-20(14-24)29(31)32)28-27(30)25-10-9-23(35-25)16-34-22-6-4-5-21(15-22)33-3/h4-15H,16H2,1-3H3,(H,28,30). The van der Waals surface area contributed by atoms with Crippen molar-refractivity contribution < 1.29 is 28.3 Å². The van der Waals surface area contributed by atoms with Crippen LogP contribution < -0.4 is 19.5 Å². The summed E-state index contributed by atoms with van der Waals surface area (Å²) in [6.07, 6.45) is 0. The van der Waals surface area contributed by atoms with Gasteiger partial charge in [0, 0.05) is 18.2 Å². The summed E-state index contributed by atoms with van der Waals surface area (Å²) >= 11 is 0. The molecule has 0 fully saturated rings. The maximum atomic E-state index is 12.8. The molecule has 1 aromatic heterocycles. The Balaban J connectivity index is 1.47. The number of non-ortho nitro benzene ring substituents is 1. The van der Waals surface area contributed by atoms with Gasteiger partial charge in [0.1, 0.15) is 35.4 Å². The molecule has 0 atom stereocenters. The molecule has 0 saturated heterocycles. The quantitative estimate of drug-likeness (QED) is 0.213. The number of furan rings is 1. The van der Waals surface area contributed by atoms with Gasteiger partial charge >= 0.3 is 0 Å². The van der Waals surface area contributed by atoms with Crippen molar-refractivity contribution in [2.75, 3.05) is 12.4 Å². The number of rotatable bonds is 9. The molecule has 9 heteroatoms. The molecule has 0 aliphatic carbocycles. The van der Waals surface area contributed by atoms with E-state index in [4.69, 9.17) is 18.6 Å². The minimum atomic E-state index is -0.569. The highest BCUT2D eigenvalue weighted by Gasteiger charge is 2.17. The lowest BCUT2D eigenvalue weighted by Crippen LogP contribution is -2.11. The fourth-order valence-electron chi connectivity index (χ4n) is 3.38. The summed E-state index contributed by atoms with van der Waals surface area (Å²) < 4.78 is 22.3. The molecule has 4 rings (SSSR count). The van der Waals surface area contributed by atoms with Gasteiger partial charge in [-0.05, 0) is 55.3 Å². The summed E-state index contributed by atoms with van der Waals surface area (Å²) in [5, 5.41) is 14.1. The number of hydrogen-bond donors (Lipinski definition) is 1. The van der Waals surface area contributed by atoms with Crippen LogP contribution in [0, 0.1) is 24.0 Å². The number of aryl methyl sites for hydroxylation is 2. The van der Waals surface area contributed by atoms with Gasteiger partial charge in [-0.2, -0.15) is 0 Å². The molecule has 1 amide bonds. The number of amides is 1. The van der Waals surface area contributed by atoms with Crippen molar-refractivity contribution in [1.82, 2.24) is 0 Å². The van der Waals surface area contributed by atoms with Gasteiger partial charge in [0.25, 0.3) is 11.6 Å². The zero-order chi connectivity index (χ0) is 25.7. The fraction of sp³-hybridized carbons (Fsp3) is 0.148. The first kappa shape index (κ1) is 24.3. The normalized spacial score (nSPS) is 10.5. The topological polar surface area (TPSA) is 113 Å². The molecule has 3 aromatic carbocycles. The highest BCUT2D eigenvalue weighted by atomic mass is 16.6. The summed E-state index contributed by atoms with van der Waals surface area (Å²) in [5.41, 5.74) is 1.83. The molecule has 36 heavy (non-hydrogen) atoms. The second-order valence-corrected chi connectivity index (χ2v) is 8.03. The lowest BCUT2D eigenvalue weighted by Gasteiger charge is -2.11. The number of anilines is 1. The van der Waals surface area contributed by atoms with E-state index in [1.165, 1.54) is 24.3 Å². The first-order valence-electron chi connectivity index (χ1n) is 11.0. The third-order valence-corrected chi connectivity index (χ3v) is 5.24. The minimum Gasteiger partial charge on any atom is -0.497 e. The second kappa shape index (κ2) is 10.6. The summed E-state index contributed by atoms with van der Waals surface area (Å²) in [5.74, 6) is 1.93. The Morgan fingerprint density at radius 1 is 0.972 bits per heavy atom. The first-order valence-corrected chi connectivity index (χ1v) is 11.0. The van der Waals surface area contributed by atoms with Crippen molar-refractivity contribution in [1.29, 1.82) is 0 Å². The number of benzene rings is 3. The molecule has 4 aromatic rings.